The number of oxazole rings is 1. The predicted octanol–water partition coefficient (Wildman–Crippen LogP) is 4.26. The number of aryl methyl sites for hydroxylation is 1. The quantitative estimate of drug-likeness (QED) is 0.650. The molecule has 0 fully saturated rings. The highest BCUT2D eigenvalue weighted by molar-refractivity contribution is 6.05. The van der Waals surface area contributed by atoms with E-state index in [9.17, 15) is 18.0 Å². The highest BCUT2D eigenvalue weighted by Gasteiger charge is 2.36. The molecule has 0 aliphatic rings. The SMILES string of the molecule is COc1ccc(-c2nc(C(=O)N(CC(F)(F)F)c3ccccn3)c(C)o2)cc1. The fourth-order valence-corrected chi connectivity index (χ4v) is 2.53. The van der Waals surface area contributed by atoms with Crippen LogP contribution in [0.25, 0.3) is 11.5 Å². The Kier molecular flexibility index (Phi) is 5.34. The van der Waals surface area contributed by atoms with Gasteiger partial charge in [0.2, 0.25) is 5.89 Å². The molecule has 3 aromatic rings. The Morgan fingerprint density at radius 2 is 1.89 bits per heavy atom. The van der Waals surface area contributed by atoms with Crippen molar-refractivity contribution in [2.75, 3.05) is 18.6 Å². The molecular formula is C19H16F3N3O3. The van der Waals surface area contributed by atoms with E-state index in [2.05, 4.69) is 9.97 Å². The summed E-state index contributed by atoms with van der Waals surface area (Å²) in [5.41, 5.74) is 0.351. The number of rotatable bonds is 5. The fraction of sp³-hybridized carbons (Fsp3) is 0.211. The number of amides is 1. The zero-order valence-electron chi connectivity index (χ0n) is 15.0. The highest BCUT2D eigenvalue weighted by Crippen LogP contribution is 2.27. The maximum absolute atomic E-state index is 13.0. The lowest BCUT2D eigenvalue weighted by Crippen LogP contribution is -2.40. The lowest BCUT2D eigenvalue weighted by molar-refractivity contribution is -0.118. The van der Waals surface area contributed by atoms with Crippen molar-refractivity contribution >= 4 is 11.7 Å². The van der Waals surface area contributed by atoms with Crippen molar-refractivity contribution in [3.8, 4) is 17.2 Å². The van der Waals surface area contributed by atoms with Crippen molar-refractivity contribution in [1.82, 2.24) is 9.97 Å². The highest BCUT2D eigenvalue weighted by atomic mass is 19.4. The average molecular weight is 391 g/mol. The van der Waals surface area contributed by atoms with Crippen LogP contribution in [-0.4, -0.2) is 35.7 Å². The molecule has 2 aromatic heterocycles. The number of halogens is 3. The number of methoxy groups -OCH3 is 1. The molecule has 0 bridgehead atoms. The number of carbonyl (C=O) groups excluding carboxylic acids is 1. The molecule has 3 rings (SSSR count). The van der Waals surface area contributed by atoms with Gasteiger partial charge in [-0.25, -0.2) is 9.97 Å². The van der Waals surface area contributed by atoms with E-state index in [0.717, 1.165) is 0 Å². The van der Waals surface area contributed by atoms with Gasteiger partial charge in [-0.3, -0.25) is 9.69 Å². The third-order valence-electron chi connectivity index (χ3n) is 3.84. The molecule has 0 N–H and O–H groups in total. The van der Waals surface area contributed by atoms with E-state index in [1.165, 1.54) is 32.4 Å². The van der Waals surface area contributed by atoms with E-state index >= 15 is 0 Å². The standard InChI is InChI=1S/C19H16F3N3O3/c1-12-16(24-17(28-12)13-6-8-14(27-2)9-7-13)18(26)25(11-19(20,21)22)15-5-3-4-10-23-15/h3-10H,11H2,1-2H3. The number of hydrogen-bond donors (Lipinski definition) is 0. The minimum atomic E-state index is -4.61. The minimum Gasteiger partial charge on any atom is -0.497 e. The molecule has 0 unspecified atom stereocenters. The maximum Gasteiger partial charge on any atom is 0.406 e. The molecule has 6 nitrogen and oxygen atoms in total. The van der Waals surface area contributed by atoms with E-state index in [-0.39, 0.29) is 23.2 Å². The second-order valence-electron chi connectivity index (χ2n) is 5.85. The van der Waals surface area contributed by atoms with E-state index in [1.54, 1.807) is 30.3 Å². The first kappa shape index (κ1) is 19.4. The molecule has 1 aromatic carbocycles. The molecule has 9 heteroatoms. The number of ether oxygens (including phenoxy) is 1. The molecule has 2 heterocycles. The first-order valence-corrected chi connectivity index (χ1v) is 8.20. The molecule has 0 atom stereocenters. The van der Waals surface area contributed by atoms with Gasteiger partial charge in [0, 0.05) is 11.8 Å². The number of anilines is 1. The average Bonchev–Trinajstić information content (AvgIpc) is 3.07. The van der Waals surface area contributed by atoms with Crippen LogP contribution in [0.4, 0.5) is 19.0 Å². The Balaban J connectivity index is 1.96. The normalized spacial score (nSPS) is 11.3. The summed E-state index contributed by atoms with van der Waals surface area (Å²) in [6.45, 7) is -0.0234. The number of nitrogens with zero attached hydrogens (tertiary/aromatic N) is 3. The van der Waals surface area contributed by atoms with Gasteiger partial charge in [0.25, 0.3) is 5.91 Å². The number of aromatic nitrogens is 2. The fourth-order valence-electron chi connectivity index (χ4n) is 2.53. The Morgan fingerprint density at radius 3 is 2.46 bits per heavy atom. The summed E-state index contributed by atoms with van der Waals surface area (Å²) in [5.74, 6) is -0.222. The zero-order valence-corrected chi connectivity index (χ0v) is 15.0. The summed E-state index contributed by atoms with van der Waals surface area (Å²) in [4.78, 5) is 21.3. The van der Waals surface area contributed by atoms with Crippen LogP contribution in [0.5, 0.6) is 5.75 Å². The van der Waals surface area contributed by atoms with Gasteiger partial charge in [-0.15, -0.1) is 0 Å². The second-order valence-corrected chi connectivity index (χ2v) is 5.85. The second kappa shape index (κ2) is 7.71. The Hall–Kier alpha value is -3.36. The molecule has 0 saturated heterocycles. The van der Waals surface area contributed by atoms with Gasteiger partial charge >= 0.3 is 6.18 Å². The van der Waals surface area contributed by atoms with Gasteiger partial charge in [0.1, 0.15) is 23.9 Å². The van der Waals surface area contributed by atoms with Crippen LogP contribution in [0.15, 0.2) is 53.1 Å². The summed E-state index contributed by atoms with van der Waals surface area (Å²) >= 11 is 0. The van der Waals surface area contributed by atoms with Crippen LogP contribution in [0, 0.1) is 6.92 Å². The largest absolute Gasteiger partial charge is 0.497 e. The summed E-state index contributed by atoms with van der Waals surface area (Å²) in [5, 5.41) is 0. The van der Waals surface area contributed by atoms with Crippen molar-refractivity contribution in [3.05, 3.63) is 60.1 Å². The molecule has 0 aliphatic heterocycles. The lowest BCUT2D eigenvalue weighted by Gasteiger charge is -2.22. The lowest BCUT2D eigenvalue weighted by atomic mass is 10.2. The van der Waals surface area contributed by atoms with Gasteiger partial charge in [-0.1, -0.05) is 6.07 Å². The first-order valence-electron chi connectivity index (χ1n) is 8.20. The van der Waals surface area contributed by atoms with Crippen LogP contribution in [0.2, 0.25) is 0 Å². The van der Waals surface area contributed by atoms with E-state index in [0.29, 0.717) is 16.2 Å². The minimum absolute atomic E-state index is 0.110. The molecular weight excluding hydrogens is 375 g/mol. The summed E-state index contributed by atoms with van der Waals surface area (Å²) in [6.07, 6.45) is -3.30. The number of hydrogen-bond acceptors (Lipinski definition) is 5. The maximum atomic E-state index is 13.0. The topological polar surface area (TPSA) is 68.5 Å². The van der Waals surface area contributed by atoms with Gasteiger partial charge in [-0.05, 0) is 43.3 Å². The molecule has 0 saturated carbocycles. The first-order chi connectivity index (χ1) is 13.3. The van der Waals surface area contributed by atoms with Gasteiger partial charge < -0.3 is 9.15 Å². The Bertz CT molecular complexity index is 954. The summed E-state index contributed by atoms with van der Waals surface area (Å²) in [6, 6.07) is 11.1. The van der Waals surface area contributed by atoms with Crippen molar-refractivity contribution in [1.29, 1.82) is 0 Å². The molecule has 146 valence electrons. The third kappa shape index (κ3) is 4.30. The third-order valence-corrected chi connectivity index (χ3v) is 3.84. The molecule has 0 spiro atoms. The van der Waals surface area contributed by atoms with Crippen LogP contribution in [0.1, 0.15) is 16.2 Å². The number of carbonyl (C=O) groups is 1. The predicted molar refractivity (Wildman–Crippen MR) is 95.2 cm³/mol. The van der Waals surface area contributed by atoms with E-state index in [1.807, 2.05) is 0 Å². The number of pyridine rings is 1. The van der Waals surface area contributed by atoms with Gasteiger partial charge in [0.15, 0.2) is 5.69 Å². The Labute approximate surface area is 158 Å². The van der Waals surface area contributed by atoms with Crippen LogP contribution >= 0.6 is 0 Å². The van der Waals surface area contributed by atoms with E-state index < -0.39 is 18.6 Å². The van der Waals surface area contributed by atoms with Gasteiger partial charge in [-0.2, -0.15) is 13.2 Å². The Morgan fingerprint density at radius 1 is 1.18 bits per heavy atom. The zero-order chi connectivity index (χ0) is 20.3. The molecule has 1 amide bonds. The summed E-state index contributed by atoms with van der Waals surface area (Å²) in [7, 11) is 1.52. The van der Waals surface area contributed by atoms with Crippen molar-refractivity contribution in [3.63, 3.8) is 0 Å². The van der Waals surface area contributed by atoms with Crippen molar-refractivity contribution in [2.24, 2.45) is 0 Å². The molecule has 0 radical (unpaired) electrons. The monoisotopic (exact) mass is 391 g/mol. The van der Waals surface area contributed by atoms with Crippen LogP contribution < -0.4 is 9.64 Å². The van der Waals surface area contributed by atoms with Crippen LogP contribution in [-0.2, 0) is 0 Å². The van der Waals surface area contributed by atoms with Crippen molar-refractivity contribution in [2.45, 2.75) is 13.1 Å². The summed E-state index contributed by atoms with van der Waals surface area (Å²) < 4.78 is 49.7. The van der Waals surface area contributed by atoms with Crippen LogP contribution in [0.3, 0.4) is 0 Å². The smallest absolute Gasteiger partial charge is 0.406 e. The van der Waals surface area contributed by atoms with Gasteiger partial charge in [0.05, 0.1) is 7.11 Å². The van der Waals surface area contributed by atoms with Crippen molar-refractivity contribution < 1.29 is 27.1 Å². The number of alkyl halides is 3. The number of benzene rings is 1. The molecule has 0 aliphatic carbocycles. The molecule has 28 heavy (non-hydrogen) atoms. The van der Waals surface area contributed by atoms with E-state index in [4.69, 9.17) is 9.15 Å².